The van der Waals surface area contributed by atoms with Crippen molar-refractivity contribution in [2.45, 2.75) is 19.8 Å². The molecule has 6 nitrogen and oxygen atoms in total. The van der Waals surface area contributed by atoms with Gasteiger partial charge in [0.1, 0.15) is 6.54 Å². The summed E-state index contributed by atoms with van der Waals surface area (Å²) in [6.07, 6.45) is 1.06. The second-order valence-electron chi connectivity index (χ2n) is 6.26. The number of carbonyl (C=O) groups is 1. The Kier molecular flexibility index (Phi) is 6.01. The van der Waals surface area contributed by atoms with Crippen LogP contribution >= 0.6 is 0 Å². The van der Waals surface area contributed by atoms with E-state index in [-0.39, 0.29) is 6.54 Å². The maximum Gasteiger partial charge on any atom is 0.245 e. The van der Waals surface area contributed by atoms with Crippen molar-refractivity contribution >= 4 is 27.3 Å². The number of amides is 1. The molecule has 0 saturated carbocycles. The van der Waals surface area contributed by atoms with Gasteiger partial charge in [0.15, 0.2) is 0 Å². The third-order valence-electron chi connectivity index (χ3n) is 3.81. The number of carbonyl (C=O) groups excluding carboxylic acids is 1. The normalized spacial score (nSPS) is 11.0. The first-order chi connectivity index (χ1) is 12.2. The molecule has 7 heteroatoms. The van der Waals surface area contributed by atoms with Crippen molar-refractivity contribution in [2.24, 2.45) is 0 Å². The van der Waals surface area contributed by atoms with Crippen molar-refractivity contribution in [1.29, 1.82) is 5.26 Å². The van der Waals surface area contributed by atoms with Crippen LogP contribution in [0.1, 0.15) is 30.9 Å². The monoisotopic (exact) mass is 371 g/mol. The molecule has 0 heterocycles. The minimum absolute atomic E-state index is 0.325. The van der Waals surface area contributed by atoms with Crippen LogP contribution in [0, 0.1) is 11.3 Å². The first kappa shape index (κ1) is 19.5. The molecule has 136 valence electrons. The summed E-state index contributed by atoms with van der Waals surface area (Å²) in [4.78, 5) is 12.3. The van der Waals surface area contributed by atoms with Gasteiger partial charge in [-0.05, 0) is 41.8 Å². The Labute approximate surface area is 154 Å². The highest BCUT2D eigenvalue weighted by Crippen LogP contribution is 2.22. The van der Waals surface area contributed by atoms with E-state index in [1.54, 1.807) is 30.3 Å². The average Bonchev–Trinajstić information content (AvgIpc) is 2.59. The third kappa shape index (κ3) is 5.07. The standard InChI is InChI=1S/C19H21N3O3S/c1-14(2)16-7-9-18(10-8-16)22(26(3,24)25)13-19(23)21-17-6-4-5-15(11-17)12-20/h4-11,14H,13H2,1-3H3,(H,21,23). The SMILES string of the molecule is CC(C)c1ccc(N(CC(=O)Nc2cccc(C#N)c2)S(C)(=O)=O)cc1. The van der Waals surface area contributed by atoms with Crippen molar-refractivity contribution in [2.75, 3.05) is 22.4 Å². The van der Waals surface area contributed by atoms with E-state index in [9.17, 15) is 13.2 Å². The van der Waals surface area contributed by atoms with Gasteiger partial charge in [0.2, 0.25) is 15.9 Å². The molecule has 0 spiro atoms. The number of hydrogen-bond acceptors (Lipinski definition) is 4. The van der Waals surface area contributed by atoms with Crippen LogP contribution in [0.5, 0.6) is 0 Å². The summed E-state index contributed by atoms with van der Waals surface area (Å²) in [6, 6.07) is 15.5. The van der Waals surface area contributed by atoms with Crippen molar-refractivity contribution in [3.63, 3.8) is 0 Å². The molecular weight excluding hydrogens is 350 g/mol. The number of hydrogen-bond donors (Lipinski definition) is 1. The summed E-state index contributed by atoms with van der Waals surface area (Å²) in [6.45, 7) is 3.74. The highest BCUT2D eigenvalue weighted by Gasteiger charge is 2.21. The fourth-order valence-corrected chi connectivity index (χ4v) is 3.28. The van der Waals surface area contributed by atoms with E-state index < -0.39 is 15.9 Å². The molecule has 1 N–H and O–H groups in total. The highest BCUT2D eigenvalue weighted by atomic mass is 32.2. The topological polar surface area (TPSA) is 90.3 Å². The second-order valence-corrected chi connectivity index (χ2v) is 8.16. The van der Waals surface area contributed by atoms with Crippen LogP contribution in [0.2, 0.25) is 0 Å². The zero-order chi connectivity index (χ0) is 19.3. The van der Waals surface area contributed by atoms with Gasteiger partial charge in [-0.3, -0.25) is 9.10 Å². The molecule has 0 aliphatic rings. The van der Waals surface area contributed by atoms with Crippen LogP contribution in [0.25, 0.3) is 0 Å². The smallest absolute Gasteiger partial charge is 0.245 e. The Bertz CT molecular complexity index is 929. The lowest BCUT2D eigenvalue weighted by molar-refractivity contribution is -0.114. The molecule has 2 rings (SSSR count). The maximum atomic E-state index is 12.3. The van der Waals surface area contributed by atoms with Gasteiger partial charge in [0.05, 0.1) is 23.6 Å². The minimum atomic E-state index is -3.63. The Hall–Kier alpha value is -2.85. The molecule has 0 aromatic heterocycles. The lowest BCUT2D eigenvalue weighted by Crippen LogP contribution is -2.37. The predicted molar refractivity (Wildman–Crippen MR) is 103 cm³/mol. The number of nitrogens with zero attached hydrogens (tertiary/aromatic N) is 2. The van der Waals surface area contributed by atoms with E-state index >= 15 is 0 Å². The fourth-order valence-electron chi connectivity index (χ4n) is 2.42. The lowest BCUT2D eigenvalue weighted by Gasteiger charge is -2.22. The van der Waals surface area contributed by atoms with Crippen molar-refractivity contribution in [3.8, 4) is 6.07 Å². The number of nitriles is 1. The Morgan fingerprint density at radius 2 is 1.85 bits per heavy atom. The van der Waals surface area contributed by atoms with E-state index in [4.69, 9.17) is 5.26 Å². The molecule has 0 saturated heterocycles. The molecular formula is C19H21N3O3S. The van der Waals surface area contributed by atoms with E-state index in [0.29, 0.717) is 22.9 Å². The molecule has 0 radical (unpaired) electrons. The van der Waals surface area contributed by atoms with Crippen LogP contribution in [0.3, 0.4) is 0 Å². The number of benzene rings is 2. The largest absolute Gasteiger partial charge is 0.324 e. The van der Waals surface area contributed by atoms with Crippen LogP contribution in [-0.2, 0) is 14.8 Å². The number of nitrogens with one attached hydrogen (secondary N) is 1. The minimum Gasteiger partial charge on any atom is -0.324 e. The van der Waals surface area contributed by atoms with E-state index in [1.807, 2.05) is 32.0 Å². The molecule has 0 aliphatic heterocycles. The molecule has 26 heavy (non-hydrogen) atoms. The van der Waals surface area contributed by atoms with Crippen LogP contribution in [0.4, 0.5) is 11.4 Å². The highest BCUT2D eigenvalue weighted by molar-refractivity contribution is 7.92. The van der Waals surface area contributed by atoms with Crippen molar-refractivity contribution < 1.29 is 13.2 Å². The summed E-state index contributed by atoms with van der Waals surface area (Å²) in [5.41, 5.74) is 2.36. The average molecular weight is 371 g/mol. The molecule has 1 amide bonds. The van der Waals surface area contributed by atoms with E-state index in [2.05, 4.69) is 5.32 Å². The lowest BCUT2D eigenvalue weighted by atomic mass is 10.0. The number of rotatable bonds is 6. The van der Waals surface area contributed by atoms with Gasteiger partial charge in [-0.15, -0.1) is 0 Å². The summed E-state index contributed by atoms with van der Waals surface area (Å²) < 4.78 is 25.3. The Morgan fingerprint density at radius 3 is 2.38 bits per heavy atom. The molecule has 0 fully saturated rings. The Morgan fingerprint density at radius 1 is 1.19 bits per heavy atom. The first-order valence-electron chi connectivity index (χ1n) is 8.08. The third-order valence-corrected chi connectivity index (χ3v) is 4.95. The molecule has 0 atom stereocenters. The van der Waals surface area contributed by atoms with Crippen molar-refractivity contribution in [3.05, 3.63) is 59.7 Å². The zero-order valence-corrected chi connectivity index (χ0v) is 15.7. The van der Waals surface area contributed by atoms with Gasteiger partial charge in [-0.1, -0.05) is 32.0 Å². The number of sulfonamides is 1. The fraction of sp³-hybridized carbons (Fsp3) is 0.263. The van der Waals surface area contributed by atoms with Gasteiger partial charge < -0.3 is 5.32 Å². The Balaban J connectivity index is 2.20. The van der Waals surface area contributed by atoms with Gasteiger partial charge in [-0.25, -0.2) is 8.42 Å². The molecule has 0 bridgehead atoms. The molecule has 2 aromatic carbocycles. The summed E-state index contributed by atoms with van der Waals surface area (Å²) >= 11 is 0. The predicted octanol–water partition coefficient (Wildman–Crippen LogP) is 3.09. The summed E-state index contributed by atoms with van der Waals surface area (Å²) in [5.74, 6) is -0.162. The first-order valence-corrected chi connectivity index (χ1v) is 9.93. The summed E-state index contributed by atoms with van der Waals surface area (Å²) in [7, 11) is -3.63. The maximum absolute atomic E-state index is 12.3. The molecule has 0 aliphatic carbocycles. The number of anilines is 2. The van der Waals surface area contributed by atoms with Crippen LogP contribution in [0.15, 0.2) is 48.5 Å². The van der Waals surface area contributed by atoms with Crippen LogP contribution < -0.4 is 9.62 Å². The molecule has 2 aromatic rings. The van der Waals surface area contributed by atoms with Gasteiger partial charge in [0.25, 0.3) is 0 Å². The van der Waals surface area contributed by atoms with Gasteiger partial charge in [-0.2, -0.15) is 5.26 Å². The molecule has 0 unspecified atom stereocenters. The quantitative estimate of drug-likeness (QED) is 0.845. The van der Waals surface area contributed by atoms with Gasteiger partial charge in [0, 0.05) is 5.69 Å². The second kappa shape index (κ2) is 8.02. The van der Waals surface area contributed by atoms with Crippen molar-refractivity contribution in [1.82, 2.24) is 0 Å². The zero-order valence-electron chi connectivity index (χ0n) is 14.9. The summed E-state index contributed by atoms with van der Waals surface area (Å²) in [5, 5.41) is 11.5. The van der Waals surface area contributed by atoms with E-state index in [1.165, 1.54) is 6.07 Å². The van der Waals surface area contributed by atoms with E-state index in [0.717, 1.165) is 16.1 Å². The van der Waals surface area contributed by atoms with Crippen LogP contribution in [-0.4, -0.2) is 27.1 Å². The van der Waals surface area contributed by atoms with Gasteiger partial charge >= 0.3 is 0 Å².